The summed E-state index contributed by atoms with van der Waals surface area (Å²) in [6.07, 6.45) is 5.89. The highest BCUT2D eigenvalue weighted by molar-refractivity contribution is 5.51. The summed E-state index contributed by atoms with van der Waals surface area (Å²) in [5, 5.41) is 22.7. The molecule has 18 heavy (non-hydrogen) atoms. The van der Waals surface area contributed by atoms with E-state index in [1.54, 1.807) is 6.07 Å². The number of hydrogen-bond donors (Lipinski definition) is 3. The highest BCUT2D eigenvalue weighted by Crippen LogP contribution is 2.36. The second-order valence-electron chi connectivity index (χ2n) is 5.57. The van der Waals surface area contributed by atoms with Crippen LogP contribution in [0.3, 0.4) is 0 Å². The van der Waals surface area contributed by atoms with Crippen LogP contribution in [0, 0.1) is 12.3 Å². The van der Waals surface area contributed by atoms with E-state index in [1.807, 2.05) is 19.1 Å². The predicted octanol–water partition coefficient (Wildman–Crippen LogP) is 3.06. The van der Waals surface area contributed by atoms with Gasteiger partial charge in [0.25, 0.3) is 0 Å². The lowest BCUT2D eigenvalue weighted by Crippen LogP contribution is -2.35. The van der Waals surface area contributed by atoms with E-state index >= 15 is 0 Å². The molecule has 0 spiro atoms. The number of aliphatic hydroxyl groups excluding tert-OH is 1. The summed E-state index contributed by atoms with van der Waals surface area (Å²) >= 11 is 0. The number of aromatic hydroxyl groups is 1. The van der Waals surface area contributed by atoms with Gasteiger partial charge in [0.2, 0.25) is 0 Å². The van der Waals surface area contributed by atoms with Crippen LogP contribution >= 0.6 is 0 Å². The molecule has 0 heterocycles. The second kappa shape index (κ2) is 5.61. The molecule has 3 heteroatoms. The third kappa shape index (κ3) is 2.96. The van der Waals surface area contributed by atoms with Gasteiger partial charge >= 0.3 is 0 Å². The first kappa shape index (κ1) is 13.2. The molecule has 0 atom stereocenters. The molecule has 0 unspecified atom stereocenters. The van der Waals surface area contributed by atoms with E-state index in [0.717, 1.165) is 30.6 Å². The van der Waals surface area contributed by atoms with Crippen LogP contribution in [0.15, 0.2) is 18.2 Å². The lowest BCUT2D eigenvalue weighted by Gasteiger charge is -2.36. The molecule has 1 fully saturated rings. The fraction of sp³-hybridized carbons (Fsp3) is 0.600. The summed E-state index contributed by atoms with van der Waals surface area (Å²) in [6, 6.07) is 5.64. The van der Waals surface area contributed by atoms with Crippen molar-refractivity contribution in [2.45, 2.75) is 39.0 Å². The maximum absolute atomic E-state index is 9.67. The van der Waals surface area contributed by atoms with Crippen molar-refractivity contribution >= 4 is 5.69 Å². The Labute approximate surface area is 109 Å². The average Bonchev–Trinajstić information content (AvgIpc) is 2.41. The Morgan fingerprint density at radius 2 is 1.94 bits per heavy atom. The van der Waals surface area contributed by atoms with Crippen molar-refractivity contribution in [2.75, 3.05) is 18.5 Å². The number of hydrogen-bond acceptors (Lipinski definition) is 3. The van der Waals surface area contributed by atoms with E-state index in [-0.39, 0.29) is 12.0 Å². The normalized spacial score (nSPS) is 18.6. The van der Waals surface area contributed by atoms with Gasteiger partial charge in [-0.25, -0.2) is 0 Å². The summed E-state index contributed by atoms with van der Waals surface area (Å²) < 4.78 is 0. The summed E-state index contributed by atoms with van der Waals surface area (Å²) in [7, 11) is 0. The van der Waals surface area contributed by atoms with Crippen molar-refractivity contribution in [3.05, 3.63) is 23.8 Å². The summed E-state index contributed by atoms with van der Waals surface area (Å²) in [5.74, 6) is 0.321. The second-order valence-corrected chi connectivity index (χ2v) is 5.57. The first-order valence-electron chi connectivity index (χ1n) is 6.80. The fourth-order valence-corrected chi connectivity index (χ4v) is 2.70. The summed E-state index contributed by atoms with van der Waals surface area (Å²) in [4.78, 5) is 0. The number of rotatable bonds is 4. The van der Waals surface area contributed by atoms with Crippen LogP contribution in [0.4, 0.5) is 5.69 Å². The highest BCUT2D eigenvalue weighted by Gasteiger charge is 2.31. The molecule has 0 aromatic heterocycles. The number of benzene rings is 1. The lowest BCUT2D eigenvalue weighted by atomic mass is 9.74. The van der Waals surface area contributed by atoms with E-state index < -0.39 is 0 Å². The smallest absolute Gasteiger partial charge is 0.120 e. The van der Waals surface area contributed by atoms with E-state index in [2.05, 4.69) is 5.32 Å². The molecule has 1 saturated carbocycles. The summed E-state index contributed by atoms with van der Waals surface area (Å²) in [6.45, 7) is 2.92. The number of nitrogens with one attached hydrogen (secondary N) is 1. The van der Waals surface area contributed by atoms with Crippen molar-refractivity contribution in [3.8, 4) is 5.75 Å². The lowest BCUT2D eigenvalue weighted by molar-refractivity contribution is 0.0944. The molecule has 0 aliphatic heterocycles. The van der Waals surface area contributed by atoms with Crippen LogP contribution < -0.4 is 5.32 Å². The number of aryl methyl sites for hydroxylation is 1. The Kier molecular flexibility index (Phi) is 4.12. The molecule has 100 valence electrons. The van der Waals surface area contributed by atoms with Crippen LogP contribution in [0.1, 0.15) is 37.7 Å². The predicted molar refractivity (Wildman–Crippen MR) is 73.9 cm³/mol. The zero-order chi connectivity index (χ0) is 13.0. The van der Waals surface area contributed by atoms with Crippen molar-refractivity contribution in [2.24, 2.45) is 5.41 Å². The fourth-order valence-electron chi connectivity index (χ4n) is 2.70. The van der Waals surface area contributed by atoms with Gasteiger partial charge in [-0.1, -0.05) is 25.3 Å². The Bertz CT molecular complexity index is 397. The van der Waals surface area contributed by atoms with Gasteiger partial charge in [-0.05, 0) is 31.4 Å². The number of phenols is 1. The minimum absolute atomic E-state index is 0.0265. The maximum atomic E-state index is 9.67. The van der Waals surface area contributed by atoms with Crippen LogP contribution in [0.5, 0.6) is 5.75 Å². The molecule has 1 aromatic rings. The van der Waals surface area contributed by atoms with Gasteiger partial charge in [-0.15, -0.1) is 0 Å². The zero-order valence-corrected chi connectivity index (χ0v) is 11.1. The molecule has 0 bridgehead atoms. The third-order valence-corrected chi connectivity index (χ3v) is 4.13. The van der Waals surface area contributed by atoms with Gasteiger partial charge in [-0.3, -0.25) is 0 Å². The third-order valence-electron chi connectivity index (χ3n) is 4.13. The Hall–Kier alpha value is -1.22. The number of aliphatic hydroxyl groups is 1. The van der Waals surface area contributed by atoms with Crippen LogP contribution in [0.2, 0.25) is 0 Å². The topological polar surface area (TPSA) is 52.5 Å². The monoisotopic (exact) mass is 249 g/mol. The standard InChI is InChI=1S/C15H23NO2/c1-12-5-6-13(9-14(12)18)16-10-15(11-17)7-3-2-4-8-15/h5-6,9,16-18H,2-4,7-8,10-11H2,1H3. The van der Waals surface area contributed by atoms with Gasteiger partial charge in [-0.2, -0.15) is 0 Å². The van der Waals surface area contributed by atoms with E-state index in [0.29, 0.717) is 5.75 Å². The quantitative estimate of drug-likeness (QED) is 0.768. The first-order chi connectivity index (χ1) is 8.65. The molecule has 1 aliphatic carbocycles. The van der Waals surface area contributed by atoms with Crippen molar-refractivity contribution in [3.63, 3.8) is 0 Å². The summed E-state index contributed by atoms with van der Waals surface area (Å²) in [5.41, 5.74) is 1.84. The van der Waals surface area contributed by atoms with Gasteiger partial charge in [0.1, 0.15) is 5.75 Å². The van der Waals surface area contributed by atoms with Crippen molar-refractivity contribution in [1.82, 2.24) is 0 Å². The average molecular weight is 249 g/mol. The molecule has 0 amide bonds. The van der Waals surface area contributed by atoms with E-state index in [1.165, 1.54) is 19.3 Å². The van der Waals surface area contributed by atoms with E-state index in [4.69, 9.17) is 0 Å². The Morgan fingerprint density at radius 3 is 2.56 bits per heavy atom. The Balaban J connectivity index is 1.98. The maximum Gasteiger partial charge on any atom is 0.120 e. The SMILES string of the molecule is Cc1ccc(NCC2(CO)CCCCC2)cc1O. The molecule has 1 aromatic carbocycles. The molecule has 3 nitrogen and oxygen atoms in total. The van der Waals surface area contributed by atoms with Crippen LogP contribution in [-0.2, 0) is 0 Å². The van der Waals surface area contributed by atoms with Crippen LogP contribution in [-0.4, -0.2) is 23.4 Å². The van der Waals surface area contributed by atoms with Gasteiger partial charge < -0.3 is 15.5 Å². The first-order valence-corrected chi connectivity index (χ1v) is 6.80. The minimum atomic E-state index is 0.0265. The number of anilines is 1. The van der Waals surface area contributed by atoms with Gasteiger partial charge in [0.15, 0.2) is 0 Å². The minimum Gasteiger partial charge on any atom is -0.508 e. The molecule has 1 aliphatic rings. The zero-order valence-electron chi connectivity index (χ0n) is 11.1. The Morgan fingerprint density at radius 1 is 1.22 bits per heavy atom. The number of phenolic OH excluding ortho intramolecular Hbond substituents is 1. The molecule has 2 rings (SSSR count). The molecule has 3 N–H and O–H groups in total. The van der Waals surface area contributed by atoms with Crippen molar-refractivity contribution in [1.29, 1.82) is 0 Å². The van der Waals surface area contributed by atoms with Crippen LogP contribution in [0.25, 0.3) is 0 Å². The molecule has 0 saturated heterocycles. The molecular weight excluding hydrogens is 226 g/mol. The molecule has 0 radical (unpaired) electrons. The van der Waals surface area contributed by atoms with Crippen molar-refractivity contribution < 1.29 is 10.2 Å². The largest absolute Gasteiger partial charge is 0.508 e. The van der Waals surface area contributed by atoms with Gasteiger partial charge in [0, 0.05) is 23.7 Å². The molecular formula is C15H23NO2. The highest BCUT2D eigenvalue weighted by atomic mass is 16.3. The van der Waals surface area contributed by atoms with E-state index in [9.17, 15) is 10.2 Å². The van der Waals surface area contributed by atoms with Gasteiger partial charge in [0.05, 0.1) is 6.61 Å².